The van der Waals surface area contributed by atoms with Gasteiger partial charge in [0.05, 0.1) is 0 Å². The Morgan fingerprint density at radius 3 is 2.11 bits per heavy atom. The van der Waals surface area contributed by atoms with Crippen LogP contribution in [0, 0.1) is 5.41 Å². The molecule has 0 aromatic rings. The summed E-state index contributed by atoms with van der Waals surface area (Å²) < 4.78 is 0. The molecule has 0 aliphatic carbocycles. The first kappa shape index (κ1) is 21.2. The van der Waals surface area contributed by atoms with Crippen LogP contribution in [0.4, 0.5) is 0 Å². The molecule has 1 N–H and O–H groups in total. The molecular weight excluding hydrogens is 232 g/mol. The summed E-state index contributed by atoms with van der Waals surface area (Å²) in [4.78, 5) is 2.49. The van der Waals surface area contributed by atoms with Crippen molar-refractivity contribution in [2.24, 2.45) is 5.41 Å². The number of hydrogen-bond donors (Lipinski definition) is 1. The van der Waals surface area contributed by atoms with Crippen LogP contribution in [0.15, 0.2) is 0 Å². The van der Waals surface area contributed by atoms with E-state index in [1.165, 1.54) is 45.3 Å². The third kappa shape index (κ3) is 9.45. The highest BCUT2D eigenvalue weighted by molar-refractivity contribution is 4.92. The lowest BCUT2D eigenvalue weighted by Gasteiger charge is -2.30. The third-order valence-electron chi connectivity index (χ3n) is 3.74. The molecule has 2 nitrogen and oxygen atoms in total. The summed E-state index contributed by atoms with van der Waals surface area (Å²) in [5, 5.41) is 3.63. The number of nitrogens with one attached hydrogen (secondary N) is 1. The van der Waals surface area contributed by atoms with Crippen LogP contribution in [0.1, 0.15) is 74.1 Å². The fourth-order valence-corrected chi connectivity index (χ4v) is 2.37. The quantitative estimate of drug-likeness (QED) is 0.714. The zero-order valence-corrected chi connectivity index (χ0v) is 15.0. The lowest BCUT2D eigenvalue weighted by atomic mass is 9.85. The predicted molar refractivity (Wildman–Crippen MR) is 89.9 cm³/mol. The maximum absolute atomic E-state index is 3.63. The molecule has 0 saturated carbocycles. The Labute approximate surface area is 123 Å². The topological polar surface area (TPSA) is 15.3 Å². The van der Waals surface area contributed by atoms with Crippen LogP contribution in [-0.4, -0.2) is 37.6 Å². The van der Waals surface area contributed by atoms with Crippen LogP contribution in [0.5, 0.6) is 0 Å². The first-order valence-electron chi connectivity index (χ1n) is 8.48. The molecule has 0 amide bonds. The van der Waals surface area contributed by atoms with Gasteiger partial charge in [-0.05, 0) is 38.4 Å². The average Bonchev–Trinajstić information content (AvgIpc) is 2.74. The van der Waals surface area contributed by atoms with E-state index in [-0.39, 0.29) is 0 Å². The van der Waals surface area contributed by atoms with Crippen LogP contribution in [0.3, 0.4) is 0 Å². The van der Waals surface area contributed by atoms with E-state index in [2.05, 4.69) is 38.0 Å². The second-order valence-corrected chi connectivity index (χ2v) is 5.71. The number of nitrogens with zero attached hydrogens (tertiary/aromatic N) is 1. The van der Waals surface area contributed by atoms with E-state index in [0.717, 1.165) is 0 Å². The minimum Gasteiger partial charge on any atom is -0.312 e. The van der Waals surface area contributed by atoms with Gasteiger partial charge in [-0.3, -0.25) is 0 Å². The molecule has 1 atom stereocenters. The smallest absolute Gasteiger partial charge is 0.0246 e. The van der Waals surface area contributed by atoms with Crippen molar-refractivity contribution < 1.29 is 0 Å². The van der Waals surface area contributed by atoms with Gasteiger partial charge in [0.2, 0.25) is 0 Å². The molecule has 1 aliphatic rings. The van der Waals surface area contributed by atoms with E-state index in [0.29, 0.717) is 11.5 Å². The fraction of sp³-hybridized carbons (Fsp3) is 1.00. The molecule has 1 saturated heterocycles. The lowest BCUT2D eigenvalue weighted by Crippen LogP contribution is -2.42. The van der Waals surface area contributed by atoms with Crippen LogP contribution < -0.4 is 5.32 Å². The summed E-state index contributed by atoms with van der Waals surface area (Å²) in [5.74, 6) is 0. The molecule has 0 radical (unpaired) electrons. The molecule has 0 bridgehead atoms. The Balaban J connectivity index is 0. The van der Waals surface area contributed by atoms with Crippen molar-refractivity contribution in [3.63, 3.8) is 0 Å². The Kier molecular flexibility index (Phi) is 14.4. The number of hydrogen-bond acceptors (Lipinski definition) is 2. The van der Waals surface area contributed by atoms with Crippen LogP contribution in [-0.2, 0) is 0 Å². The van der Waals surface area contributed by atoms with Crippen molar-refractivity contribution in [1.29, 1.82) is 0 Å². The van der Waals surface area contributed by atoms with E-state index < -0.39 is 0 Å². The predicted octanol–water partition coefficient (Wildman–Crippen LogP) is 4.55. The first-order chi connectivity index (χ1) is 9.06. The minimum absolute atomic E-state index is 0.485. The van der Waals surface area contributed by atoms with Crippen molar-refractivity contribution in [1.82, 2.24) is 10.2 Å². The highest BCUT2D eigenvalue weighted by atomic mass is 15.1. The number of unbranched alkanes of at least 4 members (excludes halogenated alkanes) is 2. The summed E-state index contributed by atoms with van der Waals surface area (Å²) >= 11 is 0. The fourth-order valence-electron chi connectivity index (χ4n) is 2.37. The van der Waals surface area contributed by atoms with Gasteiger partial charge in [-0.1, -0.05) is 61.3 Å². The van der Waals surface area contributed by atoms with Gasteiger partial charge >= 0.3 is 0 Å². The lowest BCUT2D eigenvalue weighted by molar-refractivity contribution is 0.221. The minimum atomic E-state index is 0.485. The standard InChI is InChI=1S/C13H28N2.2C2H6/c1-5-6-7-10-15(4)11-12-13(2,3)8-9-14-12;2*1-2/h12,14H,5-11H2,1-4H3;2*1-2H3. The van der Waals surface area contributed by atoms with Gasteiger partial charge in [-0.2, -0.15) is 0 Å². The van der Waals surface area contributed by atoms with Crippen molar-refractivity contribution in [3.05, 3.63) is 0 Å². The molecule has 118 valence electrons. The van der Waals surface area contributed by atoms with Gasteiger partial charge in [-0.15, -0.1) is 0 Å². The molecule has 1 rings (SSSR count). The third-order valence-corrected chi connectivity index (χ3v) is 3.74. The zero-order valence-electron chi connectivity index (χ0n) is 15.0. The monoisotopic (exact) mass is 272 g/mol. The maximum Gasteiger partial charge on any atom is 0.0246 e. The Bertz CT molecular complexity index is 178. The van der Waals surface area contributed by atoms with Crippen molar-refractivity contribution in [2.75, 3.05) is 26.7 Å². The largest absolute Gasteiger partial charge is 0.312 e. The molecule has 1 aliphatic heterocycles. The van der Waals surface area contributed by atoms with Gasteiger partial charge < -0.3 is 10.2 Å². The van der Waals surface area contributed by atoms with Gasteiger partial charge in [0.15, 0.2) is 0 Å². The Morgan fingerprint density at radius 1 is 1.11 bits per heavy atom. The summed E-state index contributed by atoms with van der Waals surface area (Å²) in [6.07, 6.45) is 5.35. The first-order valence-corrected chi connectivity index (χ1v) is 8.48. The zero-order chi connectivity index (χ0) is 15.3. The van der Waals surface area contributed by atoms with Crippen molar-refractivity contribution in [2.45, 2.75) is 80.2 Å². The molecule has 19 heavy (non-hydrogen) atoms. The highest BCUT2D eigenvalue weighted by Gasteiger charge is 2.34. The summed E-state index contributed by atoms with van der Waals surface area (Å²) in [5.41, 5.74) is 0.485. The number of rotatable bonds is 6. The van der Waals surface area contributed by atoms with Gasteiger partial charge in [0, 0.05) is 12.6 Å². The van der Waals surface area contributed by atoms with Crippen molar-refractivity contribution in [3.8, 4) is 0 Å². The van der Waals surface area contributed by atoms with E-state index >= 15 is 0 Å². The van der Waals surface area contributed by atoms with Crippen LogP contribution >= 0.6 is 0 Å². The SMILES string of the molecule is CC.CC.CCCCCN(C)CC1NCCC1(C)C. The average molecular weight is 273 g/mol. The van der Waals surface area contributed by atoms with E-state index in [4.69, 9.17) is 0 Å². The van der Waals surface area contributed by atoms with Gasteiger partial charge in [0.1, 0.15) is 0 Å². The second-order valence-electron chi connectivity index (χ2n) is 5.71. The normalized spacial score (nSPS) is 20.4. The maximum atomic E-state index is 3.63. The van der Waals surface area contributed by atoms with E-state index in [9.17, 15) is 0 Å². The number of likely N-dealkylation sites (N-methyl/N-ethyl adjacent to an activating group) is 1. The van der Waals surface area contributed by atoms with E-state index in [1.54, 1.807) is 0 Å². The Morgan fingerprint density at radius 2 is 1.68 bits per heavy atom. The summed E-state index contributed by atoms with van der Waals surface area (Å²) in [7, 11) is 2.26. The molecule has 1 heterocycles. The van der Waals surface area contributed by atoms with Crippen LogP contribution in [0.25, 0.3) is 0 Å². The molecule has 0 spiro atoms. The Hall–Kier alpha value is -0.0800. The molecule has 1 unspecified atom stereocenters. The summed E-state index contributed by atoms with van der Waals surface area (Å²) in [6, 6.07) is 0.684. The van der Waals surface area contributed by atoms with E-state index in [1.807, 2.05) is 27.7 Å². The molecular formula is C17H40N2. The molecule has 2 heteroatoms. The highest BCUT2D eigenvalue weighted by Crippen LogP contribution is 2.29. The molecule has 1 fully saturated rings. The summed E-state index contributed by atoms with van der Waals surface area (Å²) in [6.45, 7) is 18.7. The van der Waals surface area contributed by atoms with Gasteiger partial charge in [-0.25, -0.2) is 0 Å². The molecule has 0 aromatic carbocycles. The molecule has 0 aromatic heterocycles. The van der Waals surface area contributed by atoms with Crippen LogP contribution in [0.2, 0.25) is 0 Å². The van der Waals surface area contributed by atoms with Gasteiger partial charge in [0.25, 0.3) is 0 Å². The van der Waals surface area contributed by atoms with Crippen molar-refractivity contribution >= 4 is 0 Å². The second kappa shape index (κ2) is 12.9.